The van der Waals surface area contributed by atoms with Gasteiger partial charge < -0.3 is 18.9 Å². The number of benzene rings is 6. The number of ether oxygens (including phenoxy) is 4. The summed E-state index contributed by atoms with van der Waals surface area (Å²) in [4.78, 5) is 0. The smallest absolute Gasteiger partial charge is 0.257 e. The summed E-state index contributed by atoms with van der Waals surface area (Å²) in [6, 6.07) is 49.0. The number of para-hydroxylation sites is 2. The fourth-order valence-electron chi connectivity index (χ4n) is 8.80. The minimum atomic E-state index is -0.972. The Balaban J connectivity index is 1.18. The largest absolute Gasteiger partial charge is 0.497 e. The Morgan fingerprint density at radius 3 is 1.24 bits per heavy atom. The van der Waals surface area contributed by atoms with E-state index < -0.39 is 21.6 Å². The molecule has 54 heavy (non-hydrogen) atoms. The van der Waals surface area contributed by atoms with Crippen LogP contribution in [-0.2, 0) is 12.8 Å². The summed E-state index contributed by atoms with van der Waals surface area (Å²) >= 11 is 0. The Morgan fingerprint density at radius 2 is 0.870 bits per heavy atom. The lowest BCUT2D eigenvalue weighted by Gasteiger charge is -2.54. The summed E-state index contributed by atoms with van der Waals surface area (Å²) < 4.78 is 26.5. The maximum absolute atomic E-state index is 7.66. The Kier molecular flexibility index (Phi) is 9.46. The van der Waals surface area contributed by atoms with Gasteiger partial charge in [-0.15, -0.1) is 0 Å². The van der Waals surface area contributed by atoms with Crippen LogP contribution in [0.15, 0.2) is 133 Å². The lowest BCUT2D eigenvalue weighted by molar-refractivity contribution is -0.225. The first kappa shape index (κ1) is 35.1. The topological polar surface area (TPSA) is 36.9 Å². The predicted octanol–water partition coefficient (Wildman–Crippen LogP) is 8.52. The van der Waals surface area contributed by atoms with E-state index in [1.807, 2.05) is 0 Å². The van der Waals surface area contributed by atoms with Gasteiger partial charge in [-0.2, -0.15) is 0 Å². The van der Waals surface area contributed by atoms with Crippen LogP contribution in [0.3, 0.4) is 0 Å². The summed E-state index contributed by atoms with van der Waals surface area (Å²) in [6.45, 7) is 4.32. The number of fused-ring (bicyclic) bond motifs is 2. The maximum Gasteiger partial charge on any atom is 0.257 e. The summed E-state index contributed by atoms with van der Waals surface area (Å²) in [6.07, 6.45) is 5.27. The summed E-state index contributed by atoms with van der Waals surface area (Å²) in [5.41, 5.74) is 5.12. The molecule has 1 aliphatic carbocycles. The van der Waals surface area contributed by atoms with Crippen molar-refractivity contribution in [1.82, 2.24) is 0 Å². The normalized spacial score (nSPS) is 19.8. The van der Waals surface area contributed by atoms with Crippen molar-refractivity contribution >= 4 is 47.7 Å². The molecule has 1 saturated carbocycles. The lowest BCUT2D eigenvalue weighted by atomic mass is 9.68. The van der Waals surface area contributed by atoms with E-state index in [1.165, 1.54) is 60.5 Å². The molecule has 6 heteroatoms. The molecule has 272 valence electrons. The first-order chi connectivity index (χ1) is 26.4. The van der Waals surface area contributed by atoms with E-state index in [2.05, 4.69) is 147 Å². The van der Waals surface area contributed by atoms with Gasteiger partial charge >= 0.3 is 0 Å². The molecule has 6 aromatic carbocycles. The molecule has 3 aliphatic rings. The molecular weight excluding hydrogens is 702 g/mol. The predicted molar refractivity (Wildman–Crippen MR) is 225 cm³/mol. The van der Waals surface area contributed by atoms with Crippen LogP contribution in [-0.4, -0.2) is 20.0 Å². The summed E-state index contributed by atoms with van der Waals surface area (Å²) in [5, 5.41) is 7.64. The molecule has 0 amide bonds. The molecule has 4 nitrogen and oxygen atoms in total. The molecule has 1 fully saturated rings. The first-order valence-corrected chi connectivity index (χ1v) is 21.8. The van der Waals surface area contributed by atoms with Crippen molar-refractivity contribution in [3.63, 3.8) is 0 Å². The Hall–Kier alpha value is -4.62. The van der Waals surface area contributed by atoms with Crippen LogP contribution in [0, 0.1) is 25.7 Å². The fraction of sp³-hybridized carbons (Fsp3) is 0.250. The third-order valence-corrected chi connectivity index (χ3v) is 16.5. The Bertz CT molecular complexity index is 2170. The second-order valence-electron chi connectivity index (χ2n) is 14.9. The van der Waals surface area contributed by atoms with Gasteiger partial charge in [-0.3, -0.25) is 0 Å². The van der Waals surface area contributed by atoms with Crippen molar-refractivity contribution in [3.05, 3.63) is 156 Å². The van der Waals surface area contributed by atoms with Crippen LogP contribution < -0.4 is 50.8 Å². The van der Waals surface area contributed by atoms with E-state index >= 15 is 0 Å². The molecule has 3 atom stereocenters. The molecule has 2 heterocycles. The number of hydrogen-bond acceptors (Lipinski definition) is 4. The van der Waals surface area contributed by atoms with Gasteiger partial charge in [-0.1, -0.05) is 127 Å². The molecule has 0 saturated heterocycles. The third kappa shape index (κ3) is 6.28. The molecule has 0 radical (unpaired) electrons. The van der Waals surface area contributed by atoms with Gasteiger partial charge in [0.05, 0.1) is 14.2 Å². The van der Waals surface area contributed by atoms with E-state index in [1.54, 1.807) is 14.2 Å². The van der Waals surface area contributed by atoms with Crippen LogP contribution in [0.25, 0.3) is 0 Å². The lowest BCUT2D eigenvalue weighted by Crippen LogP contribution is -2.62. The number of aryl methyl sites for hydroxylation is 2. The zero-order valence-electron chi connectivity index (χ0n) is 31.4. The average Bonchev–Trinajstić information content (AvgIpc) is 3.21. The quantitative estimate of drug-likeness (QED) is 0.146. The highest BCUT2D eigenvalue weighted by Gasteiger charge is 2.57. The molecule has 0 N–H and O–H groups in total. The highest BCUT2D eigenvalue weighted by atomic mass is 31.1. The minimum absolute atomic E-state index is 0.262. The van der Waals surface area contributed by atoms with Gasteiger partial charge in [0.2, 0.25) is 0 Å². The Morgan fingerprint density at radius 1 is 0.500 bits per heavy atom. The Labute approximate surface area is 322 Å². The van der Waals surface area contributed by atoms with Crippen LogP contribution in [0.2, 0.25) is 0 Å². The van der Waals surface area contributed by atoms with E-state index in [9.17, 15) is 0 Å². The first-order valence-electron chi connectivity index (χ1n) is 19.1. The molecule has 1 spiro atoms. The highest BCUT2D eigenvalue weighted by Crippen LogP contribution is 2.55. The van der Waals surface area contributed by atoms with Crippen LogP contribution in [0.5, 0.6) is 23.0 Å². The molecular formula is C48H46O4P2. The molecule has 1 unspecified atom stereocenters. The standard InChI is InChI=1S/C48H46O4P2/c1-32-14-22-40(23-15-32)53(41-24-16-33(2)17-25-41)44-12-5-8-34-30-36-10-7-11-37-31-35-9-6-13-45(47(35)52-48(36,37)51-46(34)44)54(42-26-18-38(49-3)19-27-42)43-28-20-39(50-4)21-29-43/h5-6,8-9,12-29,36-37H,7,10-11,30-31H2,1-4H3/t36?,37-,48-/m1/s1. The van der Waals surface area contributed by atoms with Crippen molar-refractivity contribution in [2.24, 2.45) is 11.8 Å². The highest BCUT2D eigenvalue weighted by molar-refractivity contribution is 7.80. The molecule has 9 rings (SSSR count). The molecule has 0 aromatic heterocycles. The van der Waals surface area contributed by atoms with Crippen molar-refractivity contribution in [1.29, 1.82) is 0 Å². The number of methoxy groups -OCH3 is 2. The van der Waals surface area contributed by atoms with Crippen molar-refractivity contribution in [3.8, 4) is 23.0 Å². The molecule has 0 bridgehead atoms. The minimum Gasteiger partial charge on any atom is -0.497 e. The average molecular weight is 749 g/mol. The van der Waals surface area contributed by atoms with Gasteiger partial charge in [0.15, 0.2) is 0 Å². The van der Waals surface area contributed by atoms with Crippen molar-refractivity contribution < 1.29 is 18.9 Å². The van der Waals surface area contributed by atoms with Crippen LogP contribution >= 0.6 is 15.8 Å². The maximum atomic E-state index is 7.66. The van der Waals surface area contributed by atoms with Crippen molar-refractivity contribution in [2.75, 3.05) is 14.2 Å². The van der Waals surface area contributed by atoms with Gasteiger partial charge in [0.25, 0.3) is 5.79 Å². The second-order valence-corrected chi connectivity index (χ2v) is 19.3. The number of hydrogen-bond donors (Lipinski definition) is 0. The summed E-state index contributed by atoms with van der Waals surface area (Å²) in [5.74, 6) is 3.51. The summed E-state index contributed by atoms with van der Waals surface area (Å²) in [7, 11) is 1.59. The van der Waals surface area contributed by atoms with Gasteiger partial charge in [0.1, 0.15) is 23.0 Å². The van der Waals surface area contributed by atoms with Crippen molar-refractivity contribution in [2.45, 2.75) is 51.7 Å². The second kappa shape index (κ2) is 14.6. The monoisotopic (exact) mass is 748 g/mol. The van der Waals surface area contributed by atoms with Gasteiger partial charge in [-0.05, 0) is 112 Å². The fourth-order valence-corrected chi connectivity index (χ4v) is 13.5. The number of rotatable bonds is 8. The van der Waals surface area contributed by atoms with E-state index in [4.69, 9.17) is 18.9 Å². The zero-order valence-corrected chi connectivity index (χ0v) is 33.2. The SMILES string of the molecule is COc1ccc(P(c2ccc(OC)cc2)c2cccc3c2O[C@]24Oc5c(cccc5P(c5ccc(C)cc5)c5ccc(C)cc5)CC2CCC[C@@H]4C3)cc1. The van der Waals surface area contributed by atoms with E-state index in [0.717, 1.165) is 48.7 Å². The van der Waals surface area contributed by atoms with E-state index in [-0.39, 0.29) is 11.8 Å². The van der Waals surface area contributed by atoms with Gasteiger partial charge in [-0.25, -0.2) is 0 Å². The molecule has 2 aliphatic heterocycles. The van der Waals surface area contributed by atoms with Gasteiger partial charge in [0, 0.05) is 22.4 Å². The third-order valence-electron chi connectivity index (χ3n) is 11.6. The van der Waals surface area contributed by atoms with Crippen LogP contribution in [0.1, 0.15) is 41.5 Å². The van der Waals surface area contributed by atoms with Crippen LogP contribution in [0.4, 0.5) is 0 Å². The molecule has 6 aromatic rings. The van der Waals surface area contributed by atoms with E-state index in [0.29, 0.717) is 0 Å². The zero-order chi connectivity index (χ0) is 36.8.